The van der Waals surface area contributed by atoms with Crippen LogP contribution in [0.3, 0.4) is 0 Å². The summed E-state index contributed by atoms with van der Waals surface area (Å²) in [5, 5.41) is 12.7. The van der Waals surface area contributed by atoms with Crippen LogP contribution >= 0.6 is 0 Å². The van der Waals surface area contributed by atoms with E-state index in [4.69, 9.17) is 4.98 Å². The van der Waals surface area contributed by atoms with Crippen LogP contribution in [-0.4, -0.2) is 49.5 Å². The van der Waals surface area contributed by atoms with Gasteiger partial charge in [0, 0.05) is 55.9 Å². The van der Waals surface area contributed by atoms with Crippen molar-refractivity contribution in [2.75, 3.05) is 24.3 Å². The third-order valence-corrected chi connectivity index (χ3v) is 5.74. The molecule has 1 N–H and O–H groups in total. The molecular weight excluding hydrogens is 376 g/mol. The molecule has 1 aliphatic carbocycles. The molecule has 154 valence electrons. The normalized spacial score (nSPS) is 15.9. The van der Waals surface area contributed by atoms with E-state index in [0.29, 0.717) is 12.0 Å². The van der Waals surface area contributed by atoms with Crippen molar-refractivity contribution >= 4 is 17.4 Å². The Morgan fingerprint density at radius 3 is 2.87 bits per heavy atom. The van der Waals surface area contributed by atoms with Gasteiger partial charge in [0.1, 0.15) is 5.82 Å². The summed E-state index contributed by atoms with van der Waals surface area (Å²) in [7, 11) is 3.97. The van der Waals surface area contributed by atoms with Crippen molar-refractivity contribution in [2.45, 2.75) is 38.8 Å². The fourth-order valence-electron chi connectivity index (χ4n) is 4.17. The molecule has 0 aromatic carbocycles. The Morgan fingerprint density at radius 1 is 1.20 bits per heavy atom. The average Bonchev–Trinajstić information content (AvgIpc) is 3.36. The second-order valence-corrected chi connectivity index (χ2v) is 7.94. The molecule has 0 amide bonds. The number of nitrogens with one attached hydrogen (secondary N) is 1. The number of anilines is 2. The van der Waals surface area contributed by atoms with E-state index in [1.165, 1.54) is 11.3 Å². The van der Waals surface area contributed by atoms with Crippen molar-refractivity contribution in [2.24, 2.45) is 0 Å². The molecule has 4 aromatic heterocycles. The minimum Gasteiger partial charge on any atom is -0.363 e. The Morgan fingerprint density at radius 2 is 2.10 bits per heavy atom. The van der Waals surface area contributed by atoms with Gasteiger partial charge in [0.05, 0.1) is 6.20 Å². The summed E-state index contributed by atoms with van der Waals surface area (Å²) < 4.78 is 3.94. The van der Waals surface area contributed by atoms with Crippen LogP contribution in [0, 0.1) is 0 Å². The standard InChI is InChI=1S/C22H26N8/c1-4-29-19-9-8-17(12-16(19)14-24-29)25-22-26-21-18(6-5-11-30(21)27-22)15-7-10-20(23-13-15)28(2)3/h5-7,10-11,13-14,17H,4,8-9,12H2,1-3H3,(H,25,27). The second kappa shape index (κ2) is 7.44. The molecule has 0 aliphatic heterocycles. The van der Waals surface area contributed by atoms with Crippen LogP contribution in [0.2, 0.25) is 0 Å². The zero-order chi connectivity index (χ0) is 20.7. The first-order valence-electron chi connectivity index (χ1n) is 10.4. The Hall–Kier alpha value is -3.42. The minimum absolute atomic E-state index is 0.314. The Labute approximate surface area is 175 Å². The molecule has 30 heavy (non-hydrogen) atoms. The number of hydrogen-bond acceptors (Lipinski definition) is 6. The zero-order valence-electron chi connectivity index (χ0n) is 17.6. The van der Waals surface area contributed by atoms with Crippen LogP contribution in [-0.2, 0) is 19.4 Å². The topological polar surface area (TPSA) is 76.2 Å². The van der Waals surface area contributed by atoms with E-state index in [1.54, 1.807) is 0 Å². The molecule has 1 aliphatic rings. The van der Waals surface area contributed by atoms with Gasteiger partial charge < -0.3 is 10.2 Å². The van der Waals surface area contributed by atoms with Gasteiger partial charge in [-0.15, -0.1) is 5.10 Å². The Kier molecular flexibility index (Phi) is 4.61. The molecule has 0 radical (unpaired) electrons. The summed E-state index contributed by atoms with van der Waals surface area (Å²) in [5.41, 5.74) is 5.58. The molecule has 5 rings (SSSR count). The lowest BCUT2D eigenvalue weighted by atomic mass is 9.93. The molecule has 0 spiro atoms. The second-order valence-electron chi connectivity index (χ2n) is 7.94. The van der Waals surface area contributed by atoms with Gasteiger partial charge in [0.15, 0.2) is 5.65 Å². The van der Waals surface area contributed by atoms with Gasteiger partial charge in [-0.25, -0.2) is 9.50 Å². The van der Waals surface area contributed by atoms with Crippen molar-refractivity contribution in [3.05, 3.63) is 54.1 Å². The van der Waals surface area contributed by atoms with E-state index in [9.17, 15) is 0 Å². The first-order valence-corrected chi connectivity index (χ1v) is 10.4. The molecule has 8 heteroatoms. The number of aromatic nitrogens is 6. The number of rotatable bonds is 5. The lowest BCUT2D eigenvalue weighted by Gasteiger charge is -2.23. The molecule has 0 saturated carbocycles. The molecule has 1 atom stereocenters. The van der Waals surface area contributed by atoms with Crippen LogP contribution in [0.1, 0.15) is 24.6 Å². The summed E-state index contributed by atoms with van der Waals surface area (Å²) in [6.07, 6.45) is 8.86. The molecule has 0 saturated heterocycles. The van der Waals surface area contributed by atoms with Gasteiger partial charge in [0.2, 0.25) is 5.95 Å². The van der Waals surface area contributed by atoms with Crippen molar-refractivity contribution in [3.8, 4) is 11.1 Å². The van der Waals surface area contributed by atoms with E-state index in [1.807, 2.05) is 54.2 Å². The van der Waals surface area contributed by atoms with Gasteiger partial charge in [-0.05, 0) is 56.0 Å². The van der Waals surface area contributed by atoms with Crippen LogP contribution in [0.4, 0.5) is 11.8 Å². The molecule has 0 bridgehead atoms. The molecule has 4 aromatic rings. The Balaban J connectivity index is 1.40. The van der Waals surface area contributed by atoms with Crippen LogP contribution < -0.4 is 10.2 Å². The van der Waals surface area contributed by atoms with Gasteiger partial charge in [-0.3, -0.25) is 4.68 Å². The van der Waals surface area contributed by atoms with E-state index < -0.39 is 0 Å². The summed E-state index contributed by atoms with van der Waals surface area (Å²) in [4.78, 5) is 11.3. The first-order chi connectivity index (χ1) is 14.6. The van der Waals surface area contributed by atoms with Crippen molar-refractivity contribution in [3.63, 3.8) is 0 Å². The van der Waals surface area contributed by atoms with Crippen LogP contribution in [0.5, 0.6) is 0 Å². The third-order valence-electron chi connectivity index (χ3n) is 5.74. The summed E-state index contributed by atoms with van der Waals surface area (Å²) >= 11 is 0. The zero-order valence-corrected chi connectivity index (χ0v) is 17.6. The third kappa shape index (κ3) is 3.28. The van der Waals surface area contributed by atoms with Crippen LogP contribution in [0.25, 0.3) is 16.8 Å². The highest BCUT2D eigenvalue weighted by Gasteiger charge is 2.23. The maximum atomic E-state index is 4.80. The summed E-state index contributed by atoms with van der Waals surface area (Å²) in [6.45, 7) is 3.06. The maximum Gasteiger partial charge on any atom is 0.243 e. The first kappa shape index (κ1) is 18.6. The lowest BCUT2D eigenvalue weighted by molar-refractivity contribution is 0.552. The Bertz CT molecular complexity index is 1170. The minimum atomic E-state index is 0.314. The van der Waals surface area contributed by atoms with Crippen molar-refractivity contribution in [1.29, 1.82) is 0 Å². The molecule has 0 fully saturated rings. The highest BCUT2D eigenvalue weighted by Crippen LogP contribution is 2.26. The molecule has 1 unspecified atom stereocenters. The van der Waals surface area contributed by atoms with Crippen molar-refractivity contribution in [1.82, 2.24) is 29.4 Å². The van der Waals surface area contributed by atoms with Crippen LogP contribution in [0.15, 0.2) is 42.9 Å². The monoisotopic (exact) mass is 402 g/mol. The largest absolute Gasteiger partial charge is 0.363 e. The highest BCUT2D eigenvalue weighted by molar-refractivity contribution is 5.77. The molecule has 8 nitrogen and oxygen atoms in total. The lowest BCUT2D eigenvalue weighted by Crippen LogP contribution is -2.28. The quantitative estimate of drug-likeness (QED) is 0.553. The predicted octanol–water partition coefficient (Wildman–Crippen LogP) is 3.04. The van der Waals surface area contributed by atoms with E-state index in [2.05, 4.69) is 44.2 Å². The average molecular weight is 403 g/mol. The fourth-order valence-corrected chi connectivity index (χ4v) is 4.17. The number of aryl methyl sites for hydroxylation is 1. The molecular formula is C22H26N8. The van der Waals surface area contributed by atoms with Gasteiger partial charge in [-0.2, -0.15) is 10.1 Å². The number of pyridine rings is 2. The number of nitrogens with zero attached hydrogens (tertiary/aromatic N) is 7. The van der Waals surface area contributed by atoms with E-state index >= 15 is 0 Å². The SMILES string of the molecule is CCn1ncc2c1CCC(Nc1nc3c(-c4ccc(N(C)C)nc4)cccn3n1)C2. The number of fused-ring (bicyclic) bond motifs is 2. The summed E-state index contributed by atoms with van der Waals surface area (Å²) in [6, 6.07) is 8.46. The highest BCUT2D eigenvalue weighted by atomic mass is 15.3. The molecule has 4 heterocycles. The smallest absolute Gasteiger partial charge is 0.243 e. The summed E-state index contributed by atoms with van der Waals surface area (Å²) in [5.74, 6) is 1.59. The van der Waals surface area contributed by atoms with Gasteiger partial charge >= 0.3 is 0 Å². The van der Waals surface area contributed by atoms with Gasteiger partial charge in [-0.1, -0.05) is 0 Å². The van der Waals surface area contributed by atoms with Crippen molar-refractivity contribution < 1.29 is 0 Å². The van der Waals surface area contributed by atoms with Gasteiger partial charge in [0.25, 0.3) is 0 Å². The van der Waals surface area contributed by atoms with E-state index in [0.717, 1.165) is 48.4 Å². The predicted molar refractivity (Wildman–Crippen MR) is 118 cm³/mol. The fraction of sp³-hybridized carbons (Fsp3) is 0.364. The number of hydrogen-bond donors (Lipinski definition) is 1. The maximum absolute atomic E-state index is 4.80. The van der Waals surface area contributed by atoms with E-state index in [-0.39, 0.29) is 0 Å².